The predicted molar refractivity (Wildman–Crippen MR) is 125 cm³/mol. The first kappa shape index (κ1) is 24.1. The van der Waals surface area contributed by atoms with Crippen molar-refractivity contribution in [3.63, 3.8) is 0 Å². The van der Waals surface area contributed by atoms with E-state index >= 15 is 0 Å². The minimum absolute atomic E-state index is 0.131. The van der Waals surface area contributed by atoms with Gasteiger partial charge in [-0.25, -0.2) is 4.79 Å². The molecule has 10 heteroatoms. The minimum Gasteiger partial charge on any atom is -0.490 e. The molecule has 1 amide bonds. The molecule has 2 aromatic carbocycles. The van der Waals surface area contributed by atoms with E-state index in [0.717, 1.165) is 5.56 Å². The summed E-state index contributed by atoms with van der Waals surface area (Å²) >= 11 is 1.27. The Hall–Kier alpha value is -3.53. The first-order valence-corrected chi connectivity index (χ1v) is 11.4. The molecule has 0 aliphatic carbocycles. The zero-order valence-electron chi connectivity index (χ0n) is 18.7. The summed E-state index contributed by atoms with van der Waals surface area (Å²) in [5.74, 6) is 0.851. The summed E-state index contributed by atoms with van der Waals surface area (Å²) in [7, 11) is 0. The molecule has 0 fully saturated rings. The number of rotatable bonds is 11. The predicted octanol–water partition coefficient (Wildman–Crippen LogP) is 4.01. The second-order valence-corrected chi connectivity index (χ2v) is 7.98. The van der Waals surface area contributed by atoms with Crippen molar-refractivity contribution in [1.82, 2.24) is 14.8 Å². The van der Waals surface area contributed by atoms with Crippen molar-refractivity contribution in [3.8, 4) is 11.5 Å². The summed E-state index contributed by atoms with van der Waals surface area (Å²) in [5.41, 5.74) is 1.77. The van der Waals surface area contributed by atoms with Crippen LogP contribution in [-0.4, -0.2) is 44.1 Å². The molecule has 33 heavy (non-hydrogen) atoms. The molecule has 3 aromatic rings. The Morgan fingerprint density at radius 1 is 1.06 bits per heavy atom. The number of ether oxygens (including phenoxy) is 2. The molecule has 0 aliphatic rings. The molecule has 0 atom stereocenters. The number of carbonyl (C=O) groups excluding carboxylic acids is 1. The smallest absolute Gasteiger partial charge is 0.335 e. The topological polar surface area (TPSA) is 116 Å². The van der Waals surface area contributed by atoms with Gasteiger partial charge >= 0.3 is 5.97 Å². The number of carboxylic acids is 1. The molecule has 174 valence electrons. The summed E-state index contributed by atoms with van der Waals surface area (Å²) < 4.78 is 13.5. The normalized spacial score (nSPS) is 10.6. The minimum atomic E-state index is -1.02. The molecule has 3 rings (SSSR count). The van der Waals surface area contributed by atoms with Gasteiger partial charge < -0.3 is 24.5 Å². The third kappa shape index (κ3) is 6.48. The molecule has 1 heterocycles. The highest BCUT2D eigenvalue weighted by atomic mass is 32.2. The van der Waals surface area contributed by atoms with E-state index in [4.69, 9.17) is 14.6 Å². The van der Waals surface area contributed by atoms with Crippen LogP contribution in [0.15, 0.2) is 47.6 Å². The fourth-order valence-electron chi connectivity index (χ4n) is 3.02. The molecule has 0 spiro atoms. The zero-order valence-corrected chi connectivity index (χ0v) is 19.5. The van der Waals surface area contributed by atoms with Crippen LogP contribution in [0.1, 0.15) is 35.6 Å². The van der Waals surface area contributed by atoms with E-state index in [1.165, 1.54) is 23.9 Å². The number of hydrogen-bond acceptors (Lipinski definition) is 7. The number of nitrogens with one attached hydrogen (secondary N) is 1. The van der Waals surface area contributed by atoms with Crippen LogP contribution in [0, 0.1) is 6.92 Å². The second-order valence-electron chi connectivity index (χ2n) is 7.03. The highest BCUT2D eigenvalue weighted by Crippen LogP contribution is 2.29. The molecule has 0 unspecified atom stereocenters. The van der Waals surface area contributed by atoms with Crippen molar-refractivity contribution >= 4 is 29.3 Å². The number of benzene rings is 2. The maximum absolute atomic E-state index is 12.3. The lowest BCUT2D eigenvalue weighted by Crippen LogP contribution is -2.15. The van der Waals surface area contributed by atoms with Crippen LogP contribution in [0.25, 0.3) is 0 Å². The van der Waals surface area contributed by atoms with Gasteiger partial charge in [0.1, 0.15) is 6.61 Å². The number of nitrogens with zero attached hydrogens (tertiary/aromatic N) is 3. The zero-order chi connectivity index (χ0) is 23.8. The Bertz CT molecular complexity index is 1110. The third-order valence-corrected chi connectivity index (χ3v) is 5.58. The van der Waals surface area contributed by atoms with Gasteiger partial charge in [-0.1, -0.05) is 17.8 Å². The maximum atomic E-state index is 12.3. The first-order chi connectivity index (χ1) is 15.9. The lowest BCUT2D eigenvalue weighted by Gasteiger charge is -2.13. The molecule has 0 radical (unpaired) electrons. The summed E-state index contributed by atoms with van der Waals surface area (Å²) in [4.78, 5) is 23.2. The van der Waals surface area contributed by atoms with Crippen molar-refractivity contribution in [3.05, 3.63) is 59.4 Å². The van der Waals surface area contributed by atoms with Crippen LogP contribution < -0.4 is 14.8 Å². The van der Waals surface area contributed by atoms with Gasteiger partial charge in [-0.3, -0.25) is 4.79 Å². The van der Waals surface area contributed by atoms with Gasteiger partial charge in [0, 0.05) is 12.2 Å². The van der Waals surface area contributed by atoms with E-state index in [1.54, 1.807) is 12.1 Å². The molecular weight excluding hydrogens is 444 g/mol. The number of carboxylic acid groups (broad SMARTS) is 1. The van der Waals surface area contributed by atoms with Crippen LogP contribution in [0.4, 0.5) is 5.69 Å². The van der Waals surface area contributed by atoms with Crippen LogP contribution >= 0.6 is 11.8 Å². The van der Waals surface area contributed by atoms with Crippen LogP contribution in [0.3, 0.4) is 0 Å². The van der Waals surface area contributed by atoms with Gasteiger partial charge in [-0.2, -0.15) is 0 Å². The van der Waals surface area contributed by atoms with Gasteiger partial charge in [-0.15, -0.1) is 10.2 Å². The van der Waals surface area contributed by atoms with Crippen molar-refractivity contribution < 1.29 is 24.2 Å². The summed E-state index contributed by atoms with van der Waals surface area (Å²) in [6, 6.07) is 11.7. The van der Waals surface area contributed by atoms with Gasteiger partial charge in [-0.05, 0) is 62.7 Å². The van der Waals surface area contributed by atoms with Crippen molar-refractivity contribution in [2.45, 2.75) is 39.1 Å². The molecular formula is C23H26N4O5S. The van der Waals surface area contributed by atoms with E-state index in [1.807, 2.05) is 43.5 Å². The number of aromatic nitrogens is 3. The fourth-order valence-corrected chi connectivity index (χ4v) is 3.84. The van der Waals surface area contributed by atoms with Crippen LogP contribution in [0.2, 0.25) is 0 Å². The number of aryl methyl sites for hydroxylation is 1. The first-order valence-electron chi connectivity index (χ1n) is 10.5. The van der Waals surface area contributed by atoms with Gasteiger partial charge in [0.15, 0.2) is 22.5 Å². The van der Waals surface area contributed by atoms with E-state index in [9.17, 15) is 9.59 Å². The van der Waals surface area contributed by atoms with Crippen LogP contribution in [0.5, 0.6) is 11.5 Å². The maximum Gasteiger partial charge on any atom is 0.335 e. The Morgan fingerprint density at radius 2 is 1.82 bits per heavy atom. The van der Waals surface area contributed by atoms with Gasteiger partial charge in [0.05, 0.1) is 17.9 Å². The second kappa shape index (κ2) is 11.4. The largest absolute Gasteiger partial charge is 0.490 e. The monoisotopic (exact) mass is 470 g/mol. The van der Waals surface area contributed by atoms with E-state index in [-0.39, 0.29) is 23.8 Å². The van der Waals surface area contributed by atoms with E-state index < -0.39 is 5.97 Å². The van der Waals surface area contributed by atoms with Crippen molar-refractivity contribution in [2.24, 2.45) is 0 Å². The summed E-state index contributed by atoms with van der Waals surface area (Å²) in [6.45, 7) is 7.26. The SMILES string of the molecule is CCOc1cc(C)ccc1OCc1nnc(SCC(=O)Nc2ccc(C(=O)O)cc2)n1CC. The van der Waals surface area contributed by atoms with Gasteiger partial charge in [0.25, 0.3) is 0 Å². The highest BCUT2D eigenvalue weighted by Gasteiger charge is 2.15. The number of thioether (sulfide) groups is 1. The van der Waals surface area contributed by atoms with E-state index in [2.05, 4.69) is 15.5 Å². The molecule has 9 nitrogen and oxygen atoms in total. The number of hydrogen-bond donors (Lipinski definition) is 2. The molecule has 0 saturated carbocycles. The Balaban J connectivity index is 1.59. The quantitative estimate of drug-likeness (QED) is 0.404. The average Bonchev–Trinajstić information content (AvgIpc) is 3.19. The lowest BCUT2D eigenvalue weighted by molar-refractivity contribution is -0.113. The van der Waals surface area contributed by atoms with Crippen molar-refractivity contribution in [1.29, 1.82) is 0 Å². The molecule has 0 aliphatic heterocycles. The van der Waals surface area contributed by atoms with E-state index in [0.29, 0.717) is 41.3 Å². The van der Waals surface area contributed by atoms with Gasteiger partial charge in [0.2, 0.25) is 5.91 Å². The number of amides is 1. The van der Waals surface area contributed by atoms with Crippen molar-refractivity contribution in [2.75, 3.05) is 17.7 Å². The number of aromatic carboxylic acids is 1. The molecule has 0 saturated heterocycles. The summed E-state index contributed by atoms with van der Waals surface area (Å²) in [6.07, 6.45) is 0. The summed E-state index contributed by atoms with van der Waals surface area (Å²) in [5, 5.41) is 20.7. The average molecular weight is 471 g/mol. The Kier molecular flexibility index (Phi) is 8.31. The highest BCUT2D eigenvalue weighted by molar-refractivity contribution is 7.99. The number of carbonyl (C=O) groups is 2. The lowest BCUT2D eigenvalue weighted by atomic mass is 10.2. The standard InChI is InChI=1S/C23H26N4O5S/c1-4-27-20(13-32-18-11-6-15(3)12-19(18)31-5-2)25-26-23(27)33-14-21(28)24-17-9-7-16(8-10-17)22(29)30/h6-12H,4-5,13-14H2,1-3H3,(H,24,28)(H,29,30). The molecule has 1 aromatic heterocycles. The Morgan fingerprint density at radius 3 is 2.48 bits per heavy atom. The third-order valence-electron chi connectivity index (χ3n) is 4.61. The molecule has 2 N–H and O–H groups in total. The number of anilines is 1. The van der Waals surface area contributed by atoms with Crippen LogP contribution in [-0.2, 0) is 17.9 Å². The fraction of sp³-hybridized carbons (Fsp3) is 0.304. The molecule has 0 bridgehead atoms. The Labute approximate surface area is 196 Å².